The molecule has 1 aromatic carbocycles. The van der Waals surface area contributed by atoms with Gasteiger partial charge in [-0.2, -0.15) is 0 Å². The summed E-state index contributed by atoms with van der Waals surface area (Å²) in [6.07, 6.45) is 0. The van der Waals surface area contributed by atoms with Crippen LogP contribution in [0.4, 0.5) is 5.69 Å². The highest BCUT2D eigenvalue weighted by atomic mass is 32.2. The highest BCUT2D eigenvalue weighted by Crippen LogP contribution is 2.13. The minimum Gasteiger partial charge on any atom is -0.306 e. The summed E-state index contributed by atoms with van der Waals surface area (Å²) in [6.45, 7) is 6.67. The molecule has 62 valence electrons. The average Bonchev–Trinajstić information content (AvgIpc) is 2.05. The van der Waals surface area contributed by atoms with E-state index in [1.807, 2.05) is 0 Å². The Kier molecular flexibility index (Phi) is 2.97. The summed E-state index contributed by atoms with van der Waals surface area (Å²) < 4.78 is 18.9. The van der Waals surface area contributed by atoms with Crippen molar-refractivity contribution in [1.82, 2.24) is 0 Å². The summed E-state index contributed by atoms with van der Waals surface area (Å²) >= 11 is -1.80. The van der Waals surface area contributed by atoms with Crippen molar-refractivity contribution in [2.45, 2.75) is 5.75 Å². The number of nitrogens with zero attached hydrogens (tertiary/aromatic N) is 1. The van der Waals surface area contributed by atoms with E-state index in [9.17, 15) is 4.21 Å². The molecule has 0 aliphatic carbocycles. The molecule has 1 aromatic rings. The van der Waals surface area contributed by atoms with E-state index in [2.05, 4.69) is 4.85 Å². The Morgan fingerprint density at radius 1 is 1.42 bits per heavy atom. The molecular formula is C8H7NO2S. The van der Waals surface area contributed by atoms with Crippen molar-refractivity contribution in [1.29, 1.82) is 0 Å². The predicted molar refractivity (Wildman–Crippen MR) is 47.2 cm³/mol. The van der Waals surface area contributed by atoms with Gasteiger partial charge in [-0.25, -0.2) is 9.05 Å². The largest absolute Gasteiger partial charge is 0.306 e. The van der Waals surface area contributed by atoms with E-state index in [0.717, 1.165) is 5.56 Å². The lowest BCUT2D eigenvalue weighted by molar-refractivity contribution is 0.563. The van der Waals surface area contributed by atoms with Crippen molar-refractivity contribution in [3.8, 4) is 0 Å². The fourth-order valence-corrected chi connectivity index (χ4v) is 1.29. The first-order valence-corrected chi connectivity index (χ1v) is 4.54. The Bertz CT molecular complexity index is 326. The smallest absolute Gasteiger partial charge is 0.187 e. The molecule has 1 atom stereocenters. The minimum atomic E-state index is -1.80. The maximum Gasteiger partial charge on any atom is 0.187 e. The third-order valence-electron chi connectivity index (χ3n) is 1.36. The lowest BCUT2D eigenvalue weighted by atomic mass is 10.2. The SMILES string of the molecule is [C-]#[N+]c1ccc(CS(=O)O)cc1. The molecule has 0 aliphatic rings. The Hall–Kier alpha value is -1.18. The molecule has 0 amide bonds. The normalized spacial score (nSPS) is 12.0. The molecule has 0 heterocycles. The average molecular weight is 181 g/mol. The van der Waals surface area contributed by atoms with Crippen LogP contribution in [0.5, 0.6) is 0 Å². The van der Waals surface area contributed by atoms with Crippen LogP contribution in [0.15, 0.2) is 24.3 Å². The van der Waals surface area contributed by atoms with Gasteiger partial charge in [0.15, 0.2) is 16.8 Å². The van der Waals surface area contributed by atoms with Gasteiger partial charge in [0.2, 0.25) is 0 Å². The van der Waals surface area contributed by atoms with Gasteiger partial charge >= 0.3 is 0 Å². The van der Waals surface area contributed by atoms with Crippen molar-refractivity contribution >= 4 is 16.8 Å². The topological polar surface area (TPSA) is 41.7 Å². The summed E-state index contributed by atoms with van der Waals surface area (Å²) in [7, 11) is 0. The monoisotopic (exact) mass is 181 g/mol. The summed E-state index contributed by atoms with van der Waals surface area (Å²) in [4.78, 5) is 3.20. The second kappa shape index (κ2) is 4.00. The van der Waals surface area contributed by atoms with Crippen molar-refractivity contribution in [2.75, 3.05) is 0 Å². The molecule has 1 rings (SSSR count). The van der Waals surface area contributed by atoms with Crippen LogP contribution >= 0.6 is 0 Å². The van der Waals surface area contributed by atoms with E-state index in [1.165, 1.54) is 0 Å². The van der Waals surface area contributed by atoms with Gasteiger partial charge in [0.05, 0.1) is 12.3 Å². The van der Waals surface area contributed by atoms with Crippen LogP contribution in [0, 0.1) is 6.57 Å². The minimum absolute atomic E-state index is 0.123. The summed E-state index contributed by atoms with van der Waals surface area (Å²) in [6, 6.07) is 6.63. The molecule has 3 nitrogen and oxygen atoms in total. The Balaban J connectivity index is 2.80. The van der Waals surface area contributed by atoms with Gasteiger partial charge in [-0.05, 0) is 5.56 Å². The second-order valence-electron chi connectivity index (χ2n) is 2.24. The Labute approximate surface area is 73.1 Å². The first-order valence-electron chi connectivity index (χ1n) is 3.26. The van der Waals surface area contributed by atoms with Gasteiger partial charge < -0.3 is 4.55 Å². The quantitative estimate of drug-likeness (QED) is 0.559. The van der Waals surface area contributed by atoms with Gasteiger partial charge in [-0.1, -0.05) is 24.3 Å². The van der Waals surface area contributed by atoms with Gasteiger partial charge in [-0.3, -0.25) is 0 Å². The van der Waals surface area contributed by atoms with Gasteiger partial charge in [-0.15, -0.1) is 0 Å². The van der Waals surface area contributed by atoms with Crippen LogP contribution in [0.25, 0.3) is 4.85 Å². The van der Waals surface area contributed by atoms with Crippen LogP contribution in [-0.4, -0.2) is 8.76 Å². The highest BCUT2D eigenvalue weighted by molar-refractivity contribution is 7.78. The van der Waals surface area contributed by atoms with E-state index in [-0.39, 0.29) is 5.75 Å². The molecule has 4 heteroatoms. The Morgan fingerprint density at radius 2 is 2.00 bits per heavy atom. The van der Waals surface area contributed by atoms with Crippen molar-refractivity contribution in [3.05, 3.63) is 41.2 Å². The van der Waals surface area contributed by atoms with E-state index >= 15 is 0 Å². The van der Waals surface area contributed by atoms with Gasteiger partial charge in [0.1, 0.15) is 0 Å². The molecule has 0 saturated heterocycles. The molecule has 0 spiro atoms. The van der Waals surface area contributed by atoms with Gasteiger partial charge in [0.25, 0.3) is 0 Å². The zero-order chi connectivity index (χ0) is 8.97. The number of rotatable bonds is 2. The van der Waals surface area contributed by atoms with Crippen molar-refractivity contribution in [3.63, 3.8) is 0 Å². The fraction of sp³-hybridized carbons (Fsp3) is 0.125. The predicted octanol–water partition coefficient (Wildman–Crippen LogP) is 1.96. The molecule has 0 aromatic heterocycles. The highest BCUT2D eigenvalue weighted by Gasteiger charge is 1.97. The Morgan fingerprint density at radius 3 is 2.42 bits per heavy atom. The molecular weight excluding hydrogens is 174 g/mol. The van der Waals surface area contributed by atoms with Gasteiger partial charge in [0, 0.05) is 0 Å². The van der Waals surface area contributed by atoms with Crippen LogP contribution in [0.1, 0.15) is 5.56 Å². The molecule has 1 N–H and O–H groups in total. The molecule has 0 saturated carbocycles. The van der Waals surface area contributed by atoms with E-state index in [1.54, 1.807) is 24.3 Å². The second-order valence-corrected chi connectivity index (χ2v) is 3.18. The fourth-order valence-electron chi connectivity index (χ4n) is 0.809. The number of hydrogen-bond donors (Lipinski definition) is 1. The zero-order valence-electron chi connectivity index (χ0n) is 6.23. The molecule has 1 unspecified atom stereocenters. The molecule has 0 bridgehead atoms. The van der Waals surface area contributed by atoms with E-state index in [4.69, 9.17) is 11.1 Å². The van der Waals surface area contributed by atoms with Crippen LogP contribution < -0.4 is 0 Å². The summed E-state index contributed by atoms with van der Waals surface area (Å²) in [5.74, 6) is 0.123. The van der Waals surface area contributed by atoms with Crippen LogP contribution in [0.2, 0.25) is 0 Å². The van der Waals surface area contributed by atoms with Crippen molar-refractivity contribution < 1.29 is 8.76 Å². The van der Waals surface area contributed by atoms with Crippen LogP contribution in [-0.2, 0) is 16.8 Å². The lowest BCUT2D eigenvalue weighted by Crippen LogP contribution is -1.91. The summed E-state index contributed by atoms with van der Waals surface area (Å²) in [5, 5.41) is 0. The van der Waals surface area contributed by atoms with Crippen molar-refractivity contribution in [2.24, 2.45) is 0 Å². The molecule has 0 fully saturated rings. The van der Waals surface area contributed by atoms with Crippen LogP contribution in [0.3, 0.4) is 0 Å². The zero-order valence-corrected chi connectivity index (χ0v) is 7.04. The number of benzene rings is 1. The first kappa shape index (κ1) is 8.91. The third-order valence-corrected chi connectivity index (χ3v) is 1.94. The van der Waals surface area contributed by atoms with E-state index < -0.39 is 11.1 Å². The lowest BCUT2D eigenvalue weighted by Gasteiger charge is -1.95. The molecule has 0 aliphatic heterocycles. The van der Waals surface area contributed by atoms with E-state index in [0.29, 0.717) is 5.69 Å². The third kappa shape index (κ3) is 2.46. The molecule has 12 heavy (non-hydrogen) atoms. The molecule has 0 radical (unpaired) electrons. The summed E-state index contributed by atoms with van der Waals surface area (Å²) in [5.41, 5.74) is 1.31. The standard InChI is InChI=1S/C8H7NO2S/c1-9-8-4-2-7(3-5-8)6-12(10)11/h2-5H,6H2,(H,10,11). The maximum atomic E-state index is 10.4. The maximum absolute atomic E-state index is 10.4. The number of hydrogen-bond acceptors (Lipinski definition) is 1. The first-order chi connectivity index (χ1) is 5.72.